The van der Waals surface area contributed by atoms with Crippen LogP contribution in [0, 0.1) is 0 Å². The second kappa shape index (κ2) is 10.6. The third-order valence-electron chi connectivity index (χ3n) is 5.73. The summed E-state index contributed by atoms with van der Waals surface area (Å²) in [7, 11) is 1.68. The maximum atomic E-state index is 12.8. The molecule has 3 heterocycles. The van der Waals surface area contributed by atoms with E-state index in [1.54, 1.807) is 25.6 Å². The van der Waals surface area contributed by atoms with E-state index in [0.29, 0.717) is 12.1 Å². The predicted octanol–water partition coefficient (Wildman–Crippen LogP) is 3.70. The van der Waals surface area contributed by atoms with Gasteiger partial charge in [0.2, 0.25) is 0 Å². The van der Waals surface area contributed by atoms with E-state index in [1.165, 1.54) is 17.4 Å². The lowest BCUT2D eigenvalue weighted by Gasteiger charge is -2.39. The largest absolute Gasteiger partial charge is 0.497 e. The highest BCUT2D eigenvalue weighted by Crippen LogP contribution is 2.26. The molecule has 4 rings (SSSR count). The van der Waals surface area contributed by atoms with Crippen LogP contribution in [0.5, 0.6) is 5.75 Å². The summed E-state index contributed by atoms with van der Waals surface area (Å²) in [6.07, 6.45) is 5.31. The van der Waals surface area contributed by atoms with Gasteiger partial charge in [0.05, 0.1) is 25.0 Å². The molecule has 1 unspecified atom stereocenters. The molecule has 168 valence electrons. The number of rotatable bonds is 8. The van der Waals surface area contributed by atoms with Crippen LogP contribution in [0.1, 0.15) is 22.2 Å². The van der Waals surface area contributed by atoms with Crippen molar-refractivity contribution in [2.24, 2.45) is 0 Å². The monoisotopic (exact) mass is 452 g/mol. The Hall–Kier alpha value is -2.97. The van der Waals surface area contributed by atoms with Crippen LogP contribution in [-0.4, -0.2) is 61.9 Å². The molecule has 1 N–H and O–H groups in total. The molecule has 1 atom stereocenters. The molecule has 1 aromatic carbocycles. The molecular formula is C24H28N4O3S. The van der Waals surface area contributed by atoms with Crippen LogP contribution >= 0.6 is 11.8 Å². The molecule has 0 radical (unpaired) electrons. The van der Waals surface area contributed by atoms with Gasteiger partial charge in [-0.3, -0.25) is 9.69 Å². The molecular weight excluding hydrogens is 424 g/mol. The van der Waals surface area contributed by atoms with E-state index in [1.807, 2.05) is 36.6 Å². The Morgan fingerprint density at radius 1 is 1.16 bits per heavy atom. The van der Waals surface area contributed by atoms with Crippen molar-refractivity contribution in [3.05, 3.63) is 72.3 Å². The van der Waals surface area contributed by atoms with Crippen LogP contribution in [0.3, 0.4) is 0 Å². The molecule has 0 bridgehead atoms. The Labute approximate surface area is 192 Å². The number of anilines is 1. The van der Waals surface area contributed by atoms with Crippen molar-refractivity contribution >= 4 is 23.4 Å². The number of benzene rings is 1. The van der Waals surface area contributed by atoms with E-state index in [2.05, 4.69) is 32.2 Å². The van der Waals surface area contributed by atoms with E-state index in [0.717, 1.165) is 42.7 Å². The summed E-state index contributed by atoms with van der Waals surface area (Å²) < 4.78 is 11.0. The first kappa shape index (κ1) is 22.2. The summed E-state index contributed by atoms with van der Waals surface area (Å²) in [6, 6.07) is 15.6. The molecule has 2 aromatic heterocycles. The number of amides is 1. The lowest BCUT2D eigenvalue weighted by atomic mass is 10.1. The SMILES string of the molecule is COc1ccc(N2CCN(C(CNC(=O)c3cccnc3SC)c3ccco3)CC2)cc1. The Morgan fingerprint density at radius 3 is 2.59 bits per heavy atom. The minimum absolute atomic E-state index is 0.0265. The molecule has 0 saturated carbocycles. The highest BCUT2D eigenvalue weighted by Gasteiger charge is 2.28. The van der Waals surface area contributed by atoms with Crippen molar-refractivity contribution in [2.45, 2.75) is 11.1 Å². The smallest absolute Gasteiger partial charge is 0.254 e. The Kier molecular flexibility index (Phi) is 7.34. The van der Waals surface area contributed by atoms with Gasteiger partial charge in [-0.2, -0.15) is 0 Å². The van der Waals surface area contributed by atoms with Crippen molar-refractivity contribution in [3.8, 4) is 5.75 Å². The fourth-order valence-electron chi connectivity index (χ4n) is 3.99. The molecule has 32 heavy (non-hydrogen) atoms. The summed E-state index contributed by atoms with van der Waals surface area (Å²) in [5.74, 6) is 1.61. The van der Waals surface area contributed by atoms with Gasteiger partial charge in [-0.25, -0.2) is 4.98 Å². The Bertz CT molecular complexity index is 1000. The number of carbonyl (C=O) groups is 1. The Balaban J connectivity index is 1.41. The number of carbonyl (C=O) groups excluding carboxylic acids is 1. The molecule has 1 aliphatic rings. The molecule has 1 saturated heterocycles. The minimum atomic E-state index is -0.115. The van der Waals surface area contributed by atoms with Crippen molar-refractivity contribution in [2.75, 3.05) is 51.0 Å². The number of ether oxygens (including phenoxy) is 1. The number of methoxy groups -OCH3 is 1. The normalized spacial score (nSPS) is 15.4. The number of pyridine rings is 1. The van der Waals surface area contributed by atoms with Crippen molar-refractivity contribution in [1.82, 2.24) is 15.2 Å². The summed E-state index contributed by atoms with van der Waals surface area (Å²) in [6.45, 7) is 4.01. The van der Waals surface area contributed by atoms with Gasteiger partial charge in [-0.15, -0.1) is 11.8 Å². The standard InChI is InChI=1S/C24H28N4O3S/c1-30-19-9-7-18(8-10-19)27-12-14-28(15-13-27)21(22-6-4-16-31-22)17-26-23(29)20-5-3-11-25-24(20)32-2/h3-11,16,21H,12-15,17H2,1-2H3,(H,26,29). The van der Waals surface area contributed by atoms with Gasteiger partial charge in [-0.1, -0.05) is 0 Å². The van der Waals surface area contributed by atoms with Gasteiger partial charge < -0.3 is 19.4 Å². The second-order valence-corrected chi connectivity index (χ2v) is 8.32. The molecule has 1 aliphatic heterocycles. The van der Waals surface area contributed by atoms with Crippen molar-refractivity contribution in [1.29, 1.82) is 0 Å². The number of furan rings is 1. The molecule has 1 amide bonds. The van der Waals surface area contributed by atoms with E-state index >= 15 is 0 Å². The molecule has 0 spiro atoms. The van der Waals surface area contributed by atoms with Crippen LogP contribution in [0.25, 0.3) is 0 Å². The topological polar surface area (TPSA) is 70.8 Å². The fraction of sp³-hybridized carbons (Fsp3) is 0.333. The van der Waals surface area contributed by atoms with E-state index < -0.39 is 0 Å². The van der Waals surface area contributed by atoms with E-state index in [-0.39, 0.29) is 11.9 Å². The Morgan fingerprint density at radius 2 is 1.94 bits per heavy atom. The van der Waals surface area contributed by atoms with Crippen LogP contribution in [0.4, 0.5) is 5.69 Å². The fourth-order valence-corrected chi connectivity index (χ4v) is 4.53. The zero-order valence-corrected chi connectivity index (χ0v) is 19.2. The minimum Gasteiger partial charge on any atom is -0.497 e. The number of hydrogen-bond donors (Lipinski definition) is 1. The number of nitrogens with one attached hydrogen (secondary N) is 1. The molecule has 0 aliphatic carbocycles. The zero-order valence-electron chi connectivity index (χ0n) is 18.4. The first-order chi connectivity index (χ1) is 15.7. The van der Waals surface area contributed by atoms with E-state index in [9.17, 15) is 4.79 Å². The van der Waals surface area contributed by atoms with E-state index in [4.69, 9.17) is 9.15 Å². The predicted molar refractivity (Wildman–Crippen MR) is 127 cm³/mol. The molecule has 3 aromatic rings. The van der Waals surface area contributed by atoms with Gasteiger partial charge in [0, 0.05) is 44.6 Å². The lowest BCUT2D eigenvalue weighted by molar-refractivity contribution is 0.0919. The highest BCUT2D eigenvalue weighted by atomic mass is 32.2. The van der Waals surface area contributed by atoms with Gasteiger partial charge >= 0.3 is 0 Å². The maximum absolute atomic E-state index is 12.8. The van der Waals surface area contributed by atoms with Gasteiger partial charge in [-0.05, 0) is 54.8 Å². The van der Waals surface area contributed by atoms with Gasteiger partial charge in [0.15, 0.2) is 0 Å². The lowest BCUT2D eigenvalue weighted by Crippen LogP contribution is -2.49. The molecule has 8 heteroatoms. The van der Waals surface area contributed by atoms with Gasteiger partial charge in [0.25, 0.3) is 5.91 Å². The highest BCUT2D eigenvalue weighted by molar-refractivity contribution is 7.98. The summed E-state index contributed by atoms with van der Waals surface area (Å²) in [5, 5.41) is 3.82. The maximum Gasteiger partial charge on any atom is 0.254 e. The quantitative estimate of drug-likeness (QED) is 0.523. The number of hydrogen-bond acceptors (Lipinski definition) is 7. The van der Waals surface area contributed by atoms with Gasteiger partial charge in [0.1, 0.15) is 16.5 Å². The zero-order chi connectivity index (χ0) is 22.3. The van der Waals surface area contributed by atoms with Crippen LogP contribution < -0.4 is 15.0 Å². The van der Waals surface area contributed by atoms with Crippen molar-refractivity contribution < 1.29 is 13.9 Å². The molecule has 7 nitrogen and oxygen atoms in total. The number of nitrogens with zero attached hydrogens (tertiary/aromatic N) is 3. The molecule has 1 fully saturated rings. The van der Waals surface area contributed by atoms with Crippen LogP contribution in [-0.2, 0) is 0 Å². The van der Waals surface area contributed by atoms with Crippen molar-refractivity contribution in [3.63, 3.8) is 0 Å². The number of thioether (sulfide) groups is 1. The third-order valence-corrected chi connectivity index (χ3v) is 6.44. The third kappa shape index (κ3) is 5.08. The first-order valence-corrected chi connectivity index (χ1v) is 11.9. The second-order valence-electron chi connectivity index (χ2n) is 7.52. The van der Waals surface area contributed by atoms with Crippen LogP contribution in [0.2, 0.25) is 0 Å². The van der Waals surface area contributed by atoms with Crippen LogP contribution in [0.15, 0.2) is 70.4 Å². The average molecular weight is 453 g/mol. The number of piperazine rings is 1. The number of aromatic nitrogens is 1. The summed E-state index contributed by atoms with van der Waals surface area (Å²) >= 11 is 1.47. The summed E-state index contributed by atoms with van der Waals surface area (Å²) in [5.41, 5.74) is 1.79. The average Bonchev–Trinajstić information content (AvgIpc) is 3.39. The first-order valence-electron chi connectivity index (χ1n) is 10.6. The summed E-state index contributed by atoms with van der Waals surface area (Å²) in [4.78, 5) is 21.9.